The van der Waals surface area contributed by atoms with Crippen molar-refractivity contribution >= 4 is 5.78 Å². The molecule has 0 unspecified atom stereocenters. The van der Waals surface area contributed by atoms with Crippen LogP contribution in [0.1, 0.15) is 32.6 Å². The molecule has 104 valence electrons. The predicted octanol–water partition coefficient (Wildman–Crippen LogP) is 4.18. The number of aryl methyl sites for hydroxylation is 4. The number of hydrogen-bond acceptors (Lipinski definition) is 2. The molecule has 2 nitrogen and oxygen atoms in total. The predicted molar refractivity (Wildman–Crippen MR) is 81.7 cm³/mol. The summed E-state index contributed by atoms with van der Waals surface area (Å²) in [6.45, 7) is 8.04. The van der Waals surface area contributed by atoms with Gasteiger partial charge in [0.15, 0.2) is 6.61 Å². The number of hydrogen-bond donors (Lipinski definition) is 0. The van der Waals surface area contributed by atoms with Crippen LogP contribution < -0.4 is 4.74 Å². The molecule has 0 aromatic heterocycles. The summed E-state index contributed by atoms with van der Waals surface area (Å²) in [6.07, 6.45) is 0. The van der Waals surface area contributed by atoms with E-state index in [2.05, 4.69) is 0 Å². The fourth-order valence-corrected chi connectivity index (χ4v) is 2.55. The van der Waals surface area contributed by atoms with Crippen LogP contribution in [0.3, 0.4) is 0 Å². The lowest BCUT2D eigenvalue weighted by Crippen LogP contribution is -2.15. The number of ether oxygens (including phenoxy) is 1. The lowest BCUT2D eigenvalue weighted by Gasteiger charge is -2.12. The van der Waals surface area contributed by atoms with E-state index in [0.717, 1.165) is 28.0 Å². The molecule has 0 aliphatic heterocycles. The van der Waals surface area contributed by atoms with Crippen LogP contribution in [-0.4, -0.2) is 12.4 Å². The summed E-state index contributed by atoms with van der Waals surface area (Å²) in [6, 6.07) is 11.8. The molecule has 0 amide bonds. The van der Waals surface area contributed by atoms with Gasteiger partial charge in [0.05, 0.1) is 0 Å². The zero-order valence-electron chi connectivity index (χ0n) is 12.5. The lowest BCUT2D eigenvalue weighted by atomic mass is 9.97. The SMILES string of the molecule is Cc1cc(C)c(C(=O)COc2ccccc2C)c(C)c1. The van der Waals surface area contributed by atoms with Gasteiger partial charge in [0.25, 0.3) is 0 Å². The highest BCUT2D eigenvalue weighted by atomic mass is 16.5. The Morgan fingerprint density at radius 1 is 0.950 bits per heavy atom. The van der Waals surface area contributed by atoms with Crippen molar-refractivity contribution in [3.63, 3.8) is 0 Å². The Morgan fingerprint density at radius 3 is 2.15 bits per heavy atom. The number of rotatable bonds is 4. The van der Waals surface area contributed by atoms with Gasteiger partial charge < -0.3 is 4.74 Å². The Morgan fingerprint density at radius 2 is 1.55 bits per heavy atom. The van der Waals surface area contributed by atoms with E-state index in [1.807, 2.05) is 64.1 Å². The Hall–Kier alpha value is -2.09. The minimum absolute atomic E-state index is 0.0308. The normalized spacial score (nSPS) is 10.4. The molecule has 0 atom stereocenters. The van der Waals surface area contributed by atoms with Gasteiger partial charge in [-0.15, -0.1) is 0 Å². The molecule has 0 bridgehead atoms. The average Bonchev–Trinajstić information content (AvgIpc) is 2.36. The second-order valence-electron chi connectivity index (χ2n) is 5.25. The summed E-state index contributed by atoms with van der Waals surface area (Å²) in [5, 5.41) is 0. The molecule has 0 N–H and O–H groups in total. The number of benzene rings is 2. The smallest absolute Gasteiger partial charge is 0.200 e. The van der Waals surface area contributed by atoms with E-state index < -0.39 is 0 Å². The van der Waals surface area contributed by atoms with Crippen molar-refractivity contribution in [1.29, 1.82) is 0 Å². The first-order valence-electron chi connectivity index (χ1n) is 6.78. The Kier molecular flexibility index (Phi) is 4.23. The Bertz CT molecular complexity index is 619. The van der Waals surface area contributed by atoms with Crippen molar-refractivity contribution in [2.75, 3.05) is 6.61 Å². The second kappa shape index (κ2) is 5.91. The summed E-state index contributed by atoms with van der Waals surface area (Å²) < 4.78 is 5.64. The van der Waals surface area contributed by atoms with Crippen molar-refractivity contribution in [3.8, 4) is 5.75 Å². The standard InChI is InChI=1S/C18H20O2/c1-12-9-14(3)18(15(4)10-12)16(19)11-20-17-8-6-5-7-13(17)2/h5-10H,11H2,1-4H3. The molecule has 0 saturated heterocycles. The van der Waals surface area contributed by atoms with Gasteiger partial charge >= 0.3 is 0 Å². The maximum absolute atomic E-state index is 12.4. The third-order valence-electron chi connectivity index (χ3n) is 3.41. The van der Waals surface area contributed by atoms with E-state index in [9.17, 15) is 4.79 Å². The van der Waals surface area contributed by atoms with Crippen LogP contribution in [0.25, 0.3) is 0 Å². The number of para-hydroxylation sites is 1. The van der Waals surface area contributed by atoms with Crippen LogP contribution in [0.5, 0.6) is 5.75 Å². The quantitative estimate of drug-likeness (QED) is 0.777. The molecule has 2 aromatic rings. The van der Waals surface area contributed by atoms with E-state index in [0.29, 0.717) is 0 Å². The van der Waals surface area contributed by atoms with E-state index in [1.54, 1.807) is 0 Å². The molecule has 2 aromatic carbocycles. The lowest BCUT2D eigenvalue weighted by molar-refractivity contribution is 0.0920. The van der Waals surface area contributed by atoms with Gasteiger partial charge in [-0.1, -0.05) is 35.9 Å². The molecule has 0 saturated carbocycles. The summed E-state index contributed by atoms with van der Waals surface area (Å²) in [5.74, 6) is 0.798. The van der Waals surface area contributed by atoms with Crippen molar-refractivity contribution < 1.29 is 9.53 Å². The number of carbonyl (C=O) groups is 1. The average molecular weight is 268 g/mol. The van der Waals surface area contributed by atoms with Gasteiger partial charge in [-0.2, -0.15) is 0 Å². The van der Waals surface area contributed by atoms with Gasteiger partial charge in [0.1, 0.15) is 5.75 Å². The molecule has 2 rings (SSSR count). The largest absolute Gasteiger partial charge is 0.485 e. The van der Waals surface area contributed by atoms with Crippen LogP contribution in [0.15, 0.2) is 36.4 Å². The van der Waals surface area contributed by atoms with Crippen molar-refractivity contribution in [2.24, 2.45) is 0 Å². The van der Waals surface area contributed by atoms with Crippen molar-refractivity contribution in [1.82, 2.24) is 0 Å². The summed E-state index contributed by atoms with van der Waals surface area (Å²) >= 11 is 0. The van der Waals surface area contributed by atoms with Crippen LogP contribution in [-0.2, 0) is 0 Å². The zero-order valence-corrected chi connectivity index (χ0v) is 12.5. The zero-order chi connectivity index (χ0) is 14.7. The highest BCUT2D eigenvalue weighted by molar-refractivity contribution is 6.00. The van der Waals surface area contributed by atoms with Gasteiger partial charge in [-0.05, 0) is 50.5 Å². The van der Waals surface area contributed by atoms with E-state index in [4.69, 9.17) is 4.74 Å². The minimum atomic E-state index is 0.0308. The first-order chi connectivity index (χ1) is 9.49. The van der Waals surface area contributed by atoms with E-state index in [-0.39, 0.29) is 12.4 Å². The Balaban J connectivity index is 2.16. The molecular formula is C18H20O2. The van der Waals surface area contributed by atoms with Gasteiger partial charge in [-0.3, -0.25) is 4.79 Å². The minimum Gasteiger partial charge on any atom is -0.485 e. The summed E-state index contributed by atoms with van der Waals surface area (Å²) in [4.78, 5) is 12.4. The van der Waals surface area contributed by atoms with Gasteiger partial charge in [0, 0.05) is 5.56 Å². The molecule has 0 radical (unpaired) electrons. The number of Topliss-reactive ketones (excluding diaryl/α,β-unsaturated/α-hetero) is 1. The maximum atomic E-state index is 12.4. The third kappa shape index (κ3) is 3.08. The molecule has 0 heterocycles. The van der Waals surface area contributed by atoms with Crippen molar-refractivity contribution in [2.45, 2.75) is 27.7 Å². The number of carbonyl (C=O) groups excluding carboxylic acids is 1. The van der Waals surface area contributed by atoms with Crippen LogP contribution >= 0.6 is 0 Å². The first kappa shape index (κ1) is 14.3. The molecule has 0 fully saturated rings. The molecular weight excluding hydrogens is 248 g/mol. The van der Waals surface area contributed by atoms with Gasteiger partial charge in [0.2, 0.25) is 5.78 Å². The highest BCUT2D eigenvalue weighted by Crippen LogP contribution is 2.19. The fraction of sp³-hybridized carbons (Fsp3) is 0.278. The number of ketones is 1. The monoisotopic (exact) mass is 268 g/mol. The van der Waals surface area contributed by atoms with Crippen molar-refractivity contribution in [3.05, 3.63) is 64.2 Å². The molecule has 0 aliphatic carbocycles. The maximum Gasteiger partial charge on any atom is 0.200 e. The molecule has 0 spiro atoms. The summed E-state index contributed by atoms with van der Waals surface area (Å²) in [7, 11) is 0. The van der Waals surface area contributed by atoms with Crippen LogP contribution in [0, 0.1) is 27.7 Å². The topological polar surface area (TPSA) is 26.3 Å². The second-order valence-corrected chi connectivity index (χ2v) is 5.25. The highest BCUT2D eigenvalue weighted by Gasteiger charge is 2.13. The van der Waals surface area contributed by atoms with Gasteiger partial charge in [-0.25, -0.2) is 0 Å². The summed E-state index contributed by atoms with van der Waals surface area (Å²) in [5.41, 5.74) is 5.03. The van der Waals surface area contributed by atoms with Crippen LogP contribution in [0.2, 0.25) is 0 Å². The third-order valence-corrected chi connectivity index (χ3v) is 3.41. The fourth-order valence-electron chi connectivity index (χ4n) is 2.55. The van der Waals surface area contributed by atoms with E-state index in [1.165, 1.54) is 5.56 Å². The molecule has 0 aliphatic rings. The Labute approximate surface area is 120 Å². The molecule has 20 heavy (non-hydrogen) atoms. The first-order valence-corrected chi connectivity index (χ1v) is 6.78. The molecule has 2 heteroatoms. The van der Waals surface area contributed by atoms with Crippen LogP contribution in [0.4, 0.5) is 0 Å². The van der Waals surface area contributed by atoms with E-state index >= 15 is 0 Å².